The normalized spacial score (nSPS) is 12.5. The van der Waals surface area contributed by atoms with Gasteiger partial charge in [0.1, 0.15) is 0 Å². The molecular formula is C26H15F6N. The van der Waals surface area contributed by atoms with E-state index < -0.39 is 23.5 Å². The number of alkyl halides is 6. The van der Waals surface area contributed by atoms with Crippen molar-refractivity contribution in [3.63, 3.8) is 0 Å². The van der Waals surface area contributed by atoms with Gasteiger partial charge in [-0.3, -0.25) is 0 Å². The monoisotopic (exact) mass is 455 g/mol. The average molecular weight is 455 g/mol. The van der Waals surface area contributed by atoms with Crippen LogP contribution in [0.15, 0.2) is 91.0 Å². The minimum atomic E-state index is -4.93. The van der Waals surface area contributed by atoms with Gasteiger partial charge < -0.3 is 4.57 Å². The summed E-state index contributed by atoms with van der Waals surface area (Å²) in [6.07, 6.45) is -9.79. The van der Waals surface area contributed by atoms with Gasteiger partial charge in [-0.15, -0.1) is 0 Å². The maximum Gasteiger partial charge on any atom is 0.417 e. The van der Waals surface area contributed by atoms with Gasteiger partial charge >= 0.3 is 12.4 Å². The number of halogens is 6. The zero-order valence-corrected chi connectivity index (χ0v) is 16.9. The molecule has 1 heterocycles. The molecule has 0 saturated carbocycles. The lowest BCUT2D eigenvalue weighted by Crippen LogP contribution is -2.12. The first-order chi connectivity index (χ1) is 15.6. The number of fused-ring (bicyclic) bond motifs is 3. The van der Waals surface area contributed by atoms with Gasteiger partial charge in [-0.25, -0.2) is 0 Å². The molecule has 0 aliphatic carbocycles. The summed E-state index contributed by atoms with van der Waals surface area (Å²) >= 11 is 0. The van der Waals surface area contributed by atoms with Gasteiger partial charge in [0.05, 0.1) is 22.2 Å². The van der Waals surface area contributed by atoms with Crippen LogP contribution in [0.2, 0.25) is 0 Å². The summed E-state index contributed by atoms with van der Waals surface area (Å²) in [7, 11) is 0. The minimum Gasteiger partial charge on any atom is -0.309 e. The van der Waals surface area contributed by atoms with E-state index in [2.05, 4.69) is 0 Å². The van der Waals surface area contributed by atoms with E-state index in [1.807, 2.05) is 53.1 Å². The van der Waals surface area contributed by atoms with E-state index >= 15 is 0 Å². The fourth-order valence-electron chi connectivity index (χ4n) is 4.20. The molecule has 33 heavy (non-hydrogen) atoms. The van der Waals surface area contributed by atoms with E-state index in [0.29, 0.717) is 6.07 Å². The molecule has 0 aliphatic rings. The Labute approximate surface area is 184 Å². The first-order valence-corrected chi connectivity index (χ1v) is 10.0. The molecule has 5 rings (SSSR count). The lowest BCUT2D eigenvalue weighted by Gasteiger charge is -2.16. The summed E-state index contributed by atoms with van der Waals surface area (Å²) in [6.45, 7) is 0. The van der Waals surface area contributed by atoms with Crippen LogP contribution < -0.4 is 0 Å². The zero-order chi connectivity index (χ0) is 23.4. The Bertz CT molecular complexity index is 1420. The maximum atomic E-state index is 13.6. The fraction of sp³-hybridized carbons (Fsp3) is 0.0769. The minimum absolute atomic E-state index is 0.163. The predicted octanol–water partition coefficient (Wildman–Crippen LogP) is 8.49. The molecule has 5 aromatic rings. The van der Waals surface area contributed by atoms with Crippen molar-refractivity contribution in [3.8, 4) is 16.8 Å². The molecule has 0 amide bonds. The molecule has 0 bridgehead atoms. The Balaban J connectivity index is 1.65. The predicted molar refractivity (Wildman–Crippen MR) is 116 cm³/mol. The van der Waals surface area contributed by atoms with Crippen molar-refractivity contribution < 1.29 is 26.3 Å². The van der Waals surface area contributed by atoms with Crippen LogP contribution >= 0.6 is 0 Å². The number of rotatable bonds is 2. The van der Waals surface area contributed by atoms with E-state index in [9.17, 15) is 26.3 Å². The molecule has 0 fully saturated rings. The van der Waals surface area contributed by atoms with E-state index in [-0.39, 0.29) is 17.2 Å². The first kappa shape index (κ1) is 21.1. The molecule has 0 N–H and O–H groups in total. The molecule has 0 saturated heterocycles. The second-order valence-electron chi connectivity index (χ2n) is 7.67. The number of aromatic nitrogens is 1. The second kappa shape index (κ2) is 7.40. The highest BCUT2D eigenvalue weighted by Gasteiger charge is 2.38. The smallest absolute Gasteiger partial charge is 0.309 e. The van der Waals surface area contributed by atoms with E-state index in [1.54, 1.807) is 12.1 Å². The average Bonchev–Trinajstić information content (AvgIpc) is 3.12. The van der Waals surface area contributed by atoms with Crippen molar-refractivity contribution >= 4 is 21.8 Å². The van der Waals surface area contributed by atoms with Crippen molar-refractivity contribution in [2.24, 2.45) is 0 Å². The zero-order valence-electron chi connectivity index (χ0n) is 16.9. The van der Waals surface area contributed by atoms with Gasteiger partial charge in [0, 0.05) is 16.5 Å². The van der Waals surface area contributed by atoms with E-state index in [1.165, 1.54) is 12.1 Å². The van der Waals surface area contributed by atoms with Crippen LogP contribution in [0, 0.1) is 0 Å². The van der Waals surface area contributed by atoms with Crippen molar-refractivity contribution in [1.29, 1.82) is 0 Å². The van der Waals surface area contributed by atoms with Gasteiger partial charge in [0.2, 0.25) is 0 Å². The van der Waals surface area contributed by atoms with Gasteiger partial charge in [0.15, 0.2) is 0 Å². The third-order valence-electron chi connectivity index (χ3n) is 5.67. The Hall–Kier alpha value is -3.74. The highest BCUT2D eigenvalue weighted by atomic mass is 19.4. The molecule has 4 aromatic carbocycles. The van der Waals surface area contributed by atoms with Gasteiger partial charge in [0.25, 0.3) is 0 Å². The first-order valence-electron chi connectivity index (χ1n) is 10.0. The maximum absolute atomic E-state index is 13.6. The fourth-order valence-corrected chi connectivity index (χ4v) is 4.20. The molecule has 0 atom stereocenters. The van der Waals surface area contributed by atoms with Crippen LogP contribution in [0.1, 0.15) is 11.1 Å². The second-order valence-corrected chi connectivity index (χ2v) is 7.67. The van der Waals surface area contributed by atoms with Crippen LogP contribution in [0.25, 0.3) is 38.6 Å². The third-order valence-corrected chi connectivity index (χ3v) is 5.67. The van der Waals surface area contributed by atoms with Crippen LogP contribution in [0.5, 0.6) is 0 Å². The lowest BCUT2D eigenvalue weighted by molar-refractivity contribution is -0.142. The standard InChI is InChI=1S/C26H15F6N/c27-25(28,29)17-11-14-19(22(15-17)26(30,31)32)16-9-12-18(13-10-16)33-23-7-3-1-5-20(23)21-6-2-4-8-24(21)33/h1-15H. The van der Waals surface area contributed by atoms with Crippen molar-refractivity contribution in [3.05, 3.63) is 102 Å². The molecular weight excluding hydrogens is 440 g/mol. The van der Waals surface area contributed by atoms with E-state index in [4.69, 9.17) is 0 Å². The molecule has 1 aromatic heterocycles. The van der Waals surface area contributed by atoms with Crippen LogP contribution in [0.4, 0.5) is 26.3 Å². The largest absolute Gasteiger partial charge is 0.417 e. The quantitative estimate of drug-likeness (QED) is 0.235. The molecule has 0 spiro atoms. The van der Waals surface area contributed by atoms with Gasteiger partial charge in [-0.2, -0.15) is 26.3 Å². The lowest BCUT2D eigenvalue weighted by atomic mass is 9.96. The molecule has 0 radical (unpaired) electrons. The van der Waals surface area contributed by atoms with Crippen molar-refractivity contribution in [1.82, 2.24) is 4.57 Å². The summed E-state index contributed by atoms with van der Waals surface area (Å²) in [5, 5.41) is 2.08. The Kier molecular flexibility index (Phi) is 4.74. The Morgan fingerprint density at radius 2 is 1.09 bits per heavy atom. The highest BCUT2D eigenvalue weighted by Crippen LogP contribution is 2.41. The van der Waals surface area contributed by atoms with Crippen LogP contribution in [0.3, 0.4) is 0 Å². The summed E-state index contributed by atoms with van der Waals surface area (Å²) in [6, 6.07) is 23.7. The summed E-state index contributed by atoms with van der Waals surface area (Å²) in [4.78, 5) is 0. The number of hydrogen-bond acceptors (Lipinski definition) is 0. The molecule has 1 nitrogen and oxygen atoms in total. The Morgan fingerprint density at radius 1 is 0.545 bits per heavy atom. The van der Waals surface area contributed by atoms with Crippen LogP contribution in [-0.2, 0) is 12.4 Å². The highest BCUT2D eigenvalue weighted by molar-refractivity contribution is 6.09. The third kappa shape index (κ3) is 3.63. The SMILES string of the molecule is FC(F)(F)c1ccc(-c2ccc(-n3c4ccccc4c4ccccc43)cc2)c(C(F)(F)F)c1. The summed E-state index contributed by atoms with van der Waals surface area (Å²) in [5.41, 5.74) is -0.155. The number of hydrogen-bond donors (Lipinski definition) is 0. The van der Waals surface area contributed by atoms with E-state index in [0.717, 1.165) is 33.6 Å². The van der Waals surface area contributed by atoms with Crippen LogP contribution in [-0.4, -0.2) is 4.57 Å². The summed E-state index contributed by atoms with van der Waals surface area (Å²) < 4.78 is 81.7. The van der Waals surface area contributed by atoms with Gasteiger partial charge in [-0.1, -0.05) is 54.6 Å². The molecule has 166 valence electrons. The summed E-state index contributed by atoms with van der Waals surface area (Å²) in [5.74, 6) is 0. The van der Waals surface area contributed by atoms with Gasteiger partial charge in [-0.05, 0) is 47.5 Å². The number of para-hydroxylation sites is 2. The Morgan fingerprint density at radius 3 is 1.61 bits per heavy atom. The van der Waals surface area contributed by atoms with Crippen molar-refractivity contribution in [2.45, 2.75) is 12.4 Å². The topological polar surface area (TPSA) is 4.93 Å². The molecule has 0 unspecified atom stereocenters. The number of benzene rings is 4. The molecule has 7 heteroatoms. The number of nitrogens with zero attached hydrogens (tertiary/aromatic N) is 1. The van der Waals surface area contributed by atoms with Crippen molar-refractivity contribution in [2.75, 3.05) is 0 Å². The molecule has 0 aliphatic heterocycles.